The van der Waals surface area contributed by atoms with Gasteiger partial charge >= 0.3 is 238 Å². The van der Waals surface area contributed by atoms with Crippen molar-refractivity contribution in [2.75, 3.05) is 14.6 Å². The van der Waals surface area contributed by atoms with Crippen LogP contribution in [0, 0.1) is 0 Å². The molecule has 0 spiro atoms. The second-order valence-corrected chi connectivity index (χ2v) is 12.4. The van der Waals surface area contributed by atoms with E-state index in [2.05, 4.69) is 130 Å². The molecule has 1 heterocycles. The van der Waals surface area contributed by atoms with Gasteiger partial charge in [0.25, 0.3) is 0 Å². The number of anilines is 4. The quantitative estimate of drug-likeness (QED) is 0.136. The third-order valence-corrected chi connectivity index (χ3v) is 10.6. The molecule has 0 saturated carbocycles. The van der Waals surface area contributed by atoms with Crippen LogP contribution in [0.2, 0.25) is 0 Å². The van der Waals surface area contributed by atoms with Gasteiger partial charge in [-0.1, -0.05) is 0 Å². The van der Waals surface area contributed by atoms with Gasteiger partial charge in [0.2, 0.25) is 0 Å². The monoisotopic (exact) mass is 622 g/mol. The zero-order chi connectivity index (χ0) is 26.2. The van der Waals surface area contributed by atoms with Crippen LogP contribution in [-0.2, 0) is 0 Å². The van der Waals surface area contributed by atoms with Gasteiger partial charge in [0.1, 0.15) is 0 Å². The van der Waals surface area contributed by atoms with Gasteiger partial charge in [-0.25, -0.2) is 0 Å². The van der Waals surface area contributed by atoms with E-state index in [9.17, 15) is 0 Å². The fourth-order valence-corrected chi connectivity index (χ4v) is 8.70. The molecule has 0 aliphatic carbocycles. The number of benzene rings is 6. The summed E-state index contributed by atoms with van der Waals surface area (Å²) >= 11 is -2.65. The standard InChI is InChI=1S/C34H27IN2O2/c1-2-36(29-21-19-25-11-3-5-13-27(25)23-29)31-15-7-9-17-33(31)38-35-37(32-16-8-10-18-34(32)39-35)30-22-20-26-12-4-6-14-28(26)24-30/h3-24H,2H2,1H3. The molecular formula is C34H27IN2O2. The van der Waals surface area contributed by atoms with E-state index in [4.69, 9.17) is 6.13 Å². The summed E-state index contributed by atoms with van der Waals surface area (Å²) in [7, 11) is 0. The second kappa shape index (κ2) is 10.2. The molecule has 0 unspecified atom stereocenters. The van der Waals surface area contributed by atoms with Crippen LogP contribution in [-0.4, -0.2) is 6.54 Å². The number of halogens is 1. The van der Waals surface area contributed by atoms with Gasteiger partial charge in [0, 0.05) is 0 Å². The Morgan fingerprint density at radius 2 is 1.31 bits per heavy atom. The predicted octanol–water partition coefficient (Wildman–Crippen LogP) is 10.0. The Morgan fingerprint density at radius 1 is 0.667 bits per heavy atom. The van der Waals surface area contributed by atoms with Gasteiger partial charge in [0.15, 0.2) is 0 Å². The Balaban J connectivity index is 1.27. The first-order valence-corrected chi connectivity index (χ1v) is 15.8. The molecule has 0 atom stereocenters. The number of hydrogen-bond donors (Lipinski definition) is 0. The number of fused-ring (bicyclic) bond motifs is 3. The molecule has 4 nitrogen and oxygen atoms in total. The van der Waals surface area contributed by atoms with Gasteiger partial charge in [-0.15, -0.1) is 0 Å². The maximum absolute atomic E-state index is 6.88. The number of rotatable bonds is 6. The van der Waals surface area contributed by atoms with Crippen molar-refractivity contribution >= 4 is 65.2 Å². The number of nitrogens with zero attached hydrogens (tertiary/aromatic N) is 2. The third-order valence-electron chi connectivity index (χ3n) is 6.99. The van der Waals surface area contributed by atoms with Gasteiger partial charge in [-0.2, -0.15) is 0 Å². The van der Waals surface area contributed by atoms with Crippen LogP contribution in [0.15, 0.2) is 133 Å². The van der Waals surface area contributed by atoms with E-state index in [1.54, 1.807) is 0 Å². The summed E-state index contributed by atoms with van der Waals surface area (Å²) in [4.78, 5) is 2.31. The fourth-order valence-electron chi connectivity index (χ4n) is 5.09. The number of para-hydroxylation sites is 4. The minimum absolute atomic E-state index is 0.808. The molecule has 0 radical (unpaired) electrons. The van der Waals surface area contributed by atoms with E-state index in [0.717, 1.165) is 40.8 Å². The molecule has 192 valence electrons. The fraction of sp³-hybridized carbons (Fsp3) is 0.0588. The molecule has 1 aliphatic rings. The summed E-state index contributed by atoms with van der Waals surface area (Å²) in [5, 5.41) is 4.87. The van der Waals surface area contributed by atoms with E-state index in [0.29, 0.717) is 0 Å². The summed E-state index contributed by atoms with van der Waals surface area (Å²) in [6, 6.07) is 46.6. The summed E-state index contributed by atoms with van der Waals surface area (Å²) in [5.74, 6) is 1.70. The molecule has 5 heteroatoms. The summed E-state index contributed by atoms with van der Waals surface area (Å²) < 4.78 is 15.7. The Hall–Kier alpha value is -4.23. The van der Waals surface area contributed by atoms with Crippen molar-refractivity contribution in [2.24, 2.45) is 0 Å². The molecule has 0 saturated heterocycles. The van der Waals surface area contributed by atoms with E-state index in [1.165, 1.54) is 21.5 Å². The van der Waals surface area contributed by atoms with Crippen LogP contribution in [0.5, 0.6) is 11.5 Å². The van der Waals surface area contributed by atoms with Gasteiger partial charge in [-0.05, 0) is 0 Å². The van der Waals surface area contributed by atoms with Crippen molar-refractivity contribution in [3.05, 3.63) is 133 Å². The molecule has 0 fully saturated rings. The van der Waals surface area contributed by atoms with E-state index < -0.39 is 20.9 Å². The van der Waals surface area contributed by atoms with Gasteiger partial charge in [-0.3, -0.25) is 0 Å². The summed E-state index contributed by atoms with van der Waals surface area (Å²) in [5.41, 5.74) is 4.31. The van der Waals surface area contributed by atoms with Crippen molar-refractivity contribution in [1.29, 1.82) is 0 Å². The first-order valence-electron chi connectivity index (χ1n) is 13.1. The average molecular weight is 623 g/mol. The molecule has 0 aromatic heterocycles. The zero-order valence-electron chi connectivity index (χ0n) is 21.5. The Bertz CT molecular complexity index is 1800. The normalized spacial score (nSPS) is 13.4. The van der Waals surface area contributed by atoms with Crippen molar-refractivity contribution in [2.45, 2.75) is 6.92 Å². The minimum atomic E-state index is -2.65. The molecule has 0 amide bonds. The van der Waals surface area contributed by atoms with Crippen LogP contribution in [0.4, 0.5) is 22.7 Å². The molecule has 0 bridgehead atoms. The van der Waals surface area contributed by atoms with Crippen LogP contribution in [0.1, 0.15) is 6.92 Å². The third kappa shape index (κ3) is 4.42. The Labute approximate surface area is 236 Å². The predicted molar refractivity (Wildman–Crippen MR) is 171 cm³/mol. The Kier molecular flexibility index (Phi) is 6.21. The molecule has 0 N–H and O–H groups in total. The maximum atomic E-state index is 6.88. The zero-order valence-corrected chi connectivity index (χ0v) is 23.7. The van der Waals surface area contributed by atoms with Crippen molar-refractivity contribution in [3.8, 4) is 11.5 Å². The van der Waals surface area contributed by atoms with Crippen molar-refractivity contribution < 1.29 is 6.13 Å². The first-order chi connectivity index (χ1) is 19.3. The van der Waals surface area contributed by atoms with Crippen LogP contribution in [0.25, 0.3) is 21.5 Å². The molecule has 6 aromatic carbocycles. The topological polar surface area (TPSA) is 24.9 Å². The summed E-state index contributed by atoms with van der Waals surface area (Å²) in [6.45, 7) is 2.98. The second-order valence-electron chi connectivity index (χ2n) is 9.38. The average Bonchev–Trinajstić information content (AvgIpc) is 3.36. The number of hydrogen-bond acceptors (Lipinski definition) is 4. The van der Waals surface area contributed by atoms with Crippen LogP contribution in [0.3, 0.4) is 0 Å². The molecule has 1 aliphatic heterocycles. The SMILES string of the molecule is CCN(c1ccc2ccccc2c1)c1ccccc1OI1Oc2ccccc2N1c1ccc2ccccc2c1. The molecular weight excluding hydrogens is 595 g/mol. The van der Waals surface area contributed by atoms with Crippen LogP contribution < -0.4 is 14.1 Å². The Morgan fingerprint density at radius 3 is 2.10 bits per heavy atom. The van der Waals surface area contributed by atoms with E-state index >= 15 is 0 Å². The molecule has 7 rings (SSSR count). The summed E-state index contributed by atoms with van der Waals surface area (Å²) in [6.07, 6.45) is 0. The van der Waals surface area contributed by atoms with Gasteiger partial charge in [0.05, 0.1) is 0 Å². The van der Waals surface area contributed by atoms with E-state index in [1.807, 2.05) is 18.2 Å². The molecule has 39 heavy (non-hydrogen) atoms. The van der Waals surface area contributed by atoms with E-state index in [-0.39, 0.29) is 0 Å². The first kappa shape index (κ1) is 23.9. The van der Waals surface area contributed by atoms with Gasteiger partial charge < -0.3 is 0 Å². The van der Waals surface area contributed by atoms with Crippen molar-refractivity contribution in [1.82, 2.24) is 0 Å². The molecule has 6 aromatic rings. The van der Waals surface area contributed by atoms with Crippen LogP contribution >= 0.6 is 20.9 Å². The van der Waals surface area contributed by atoms with Crippen molar-refractivity contribution in [3.63, 3.8) is 0 Å².